The van der Waals surface area contributed by atoms with Gasteiger partial charge in [-0.05, 0) is 31.8 Å². The van der Waals surface area contributed by atoms with E-state index in [9.17, 15) is 0 Å². The van der Waals surface area contributed by atoms with Gasteiger partial charge in [-0.15, -0.1) is 0 Å². The monoisotopic (exact) mass is 159 g/mol. The number of nitrogens with one attached hydrogen (secondary N) is 1. The summed E-state index contributed by atoms with van der Waals surface area (Å²) in [5.74, 6) is 1.67. The summed E-state index contributed by atoms with van der Waals surface area (Å²) in [4.78, 5) is 0. The molecule has 1 N–H and O–H groups in total. The quantitative estimate of drug-likeness (QED) is 0.665. The van der Waals surface area contributed by atoms with Gasteiger partial charge in [0.1, 0.15) is 0 Å². The predicted octanol–water partition coefficient (Wildman–Crippen LogP) is 2.91. The van der Waals surface area contributed by atoms with Crippen molar-refractivity contribution in [2.24, 2.45) is 11.8 Å². The second-order valence-corrected chi connectivity index (χ2v) is 3.29. The molecule has 11 heavy (non-hydrogen) atoms. The molecular weight excluding hydrogens is 134 g/mol. The van der Waals surface area contributed by atoms with Crippen molar-refractivity contribution >= 4 is 0 Å². The van der Waals surface area contributed by atoms with Crippen LogP contribution in [-0.4, -0.2) is 13.6 Å². The van der Waals surface area contributed by atoms with Crippen LogP contribution in [0.3, 0.4) is 0 Å². The fourth-order valence-electron chi connectivity index (χ4n) is 1.24. The Morgan fingerprint density at radius 1 is 1.09 bits per heavy atom. The van der Waals surface area contributed by atoms with Crippen molar-refractivity contribution in [2.75, 3.05) is 13.6 Å². The Morgan fingerprint density at radius 2 is 1.55 bits per heavy atom. The third kappa shape index (κ3) is 13.0. The lowest BCUT2D eigenvalue weighted by molar-refractivity contribution is 0.426. The molecule has 0 spiro atoms. The van der Waals surface area contributed by atoms with Gasteiger partial charge in [0, 0.05) is 0 Å². The van der Waals surface area contributed by atoms with E-state index in [-0.39, 0.29) is 0 Å². The van der Waals surface area contributed by atoms with Crippen LogP contribution >= 0.6 is 0 Å². The molecule has 0 aromatic heterocycles. The van der Waals surface area contributed by atoms with Crippen LogP contribution < -0.4 is 5.32 Å². The van der Waals surface area contributed by atoms with Crippen LogP contribution in [0.25, 0.3) is 0 Å². The first-order valence-corrected chi connectivity index (χ1v) is 4.81. The molecule has 0 aromatic carbocycles. The summed E-state index contributed by atoms with van der Waals surface area (Å²) in [6.45, 7) is 12.0. The molecule has 70 valence electrons. The lowest BCUT2D eigenvalue weighted by atomic mass is 9.99. The highest BCUT2D eigenvalue weighted by Crippen LogP contribution is 2.08. The molecule has 1 atom stereocenters. The van der Waals surface area contributed by atoms with E-state index in [0.29, 0.717) is 0 Å². The first-order chi connectivity index (χ1) is 5.16. The lowest BCUT2D eigenvalue weighted by Gasteiger charge is -2.12. The summed E-state index contributed by atoms with van der Waals surface area (Å²) in [6.07, 6.45) is 1.33. The smallest absolute Gasteiger partial charge is 0.00261 e. The van der Waals surface area contributed by atoms with Crippen LogP contribution in [0, 0.1) is 11.8 Å². The van der Waals surface area contributed by atoms with E-state index in [0.717, 1.165) is 18.4 Å². The molecular formula is C10H25N. The Morgan fingerprint density at radius 3 is 1.82 bits per heavy atom. The average Bonchev–Trinajstić information content (AvgIpc) is 1.91. The minimum atomic E-state index is 0.829. The molecule has 0 bridgehead atoms. The Kier molecular flexibility index (Phi) is 12.3. The number of hydrogen-bond donors (Lipinski definition) is 1. The molecule has 0 amide bonds. The largest absolute Gasteiger partial charge is 0.319 e. The van der Waals surface area contributed by atoms with Gasteiger partial charge in [0.15, 0.2) is 0 Å². The van der Waals surface area contributed by atoms with Crippen molar-refractivity contribution in [1.29, 1.82) is 0 Å². The van der Waals surface area contributed by atoms with Crippen molar-refractivity contribution in [1.82, 2.24) is 5.32 Å². The summed E-state index contributed by atoms with van der Waals surface area (Å²) in [5.41, 5.74) is 0. The third-order valence-corrected chi connectivity index (χ3v) is 1.43. The normalized spacial score (nSPS) is 12.3. The van der Waals surface area contributed by atoms with Gasteiger partial charge in [0.25, 0.3) is 0 Å². The lowest BCUT2D eigenvalue weighted by Crippen LogP contribution is -2.17. The molecule has 0 aromatic rings. The average molecular weight is 159 g/mol. The maximum absolute atomic E-state index is 3.17. The third-order valence-electron chi connectivity index (χ3n) is 1.43. The fraction of sp³-hybridized carbons (Fsp3) is 1.00. The number of rotatable bonds is 4. The van der Waals surface area contributed by atoms with Crippen LogP contribution in [0.15, 0.2) is 0 Å². The Balaban J connectivity index is 0. The molecule has 1 unspecified atom stereocenters. The molecule has 0 aliphatic rings. The first-order valence-electron chi connectivity index (χ1n) is 4.81. The summed E-state index contributed by atoms with van der Waals surface area (Å²) in [5, 5.41) is 3.17. The summed E-state index contributed by atoms with van der Waals surface area (Å²) in [7, 11) is 2.01. The van der Waals surface area contributed by atoms with Gasteiger partial charge in [-0.2, -0.15) is 0 Å². The molecule has 1 nitrogen and oxygen atoms in total. The molecule has 0 aliphatic carbocycles. The van der Waals surface area contributed by atoms with E-state index < -0.39 is 0 Å². The summed E-state index contributed by atoms with van der Waals surface area (Å²) in [6, 6.07) is 0. The van der Waals surface area contributed by atoms with E-state index in [2.05, 4.69) is 26.1 Å². The van der Waals surface area contributed by atoms with Gasteiger partial charge in [-0.3, -0.25) is 0 Å². The van der Waals surface area contributed by atoms with Gasteiger partial charge >= 0.3 is 0 Å². The Labute approximate surface area is 72.6 Å². The standard InChI is InChI=1S/C8H19N.C2H6/c1-7(2)5-8(3)6-9-4;1-2/h7-9H,5-6H2,1-4H3;1-2H3. The van der Waals surface area contributed by atoms with Crippen LogP contribution in [0.2, 0.25) is 0 Å². The van der Waals surface area contributed by atoms with Crippen molar-refractivity contribution in [3.8, 4) is 0 Å². The highest BCUT2D eigenvalue weighted by atomic mass is 14.8. The summed E-state index contributed by atoms with van der Waals surface area (Å²) < 4.78 is 0. The molecule has 0 fully saturated rings. The molecule has 0 saturated heterocycles. The zero-order valence-corrected chi connectivity index (χ0v) is 9.07. The minimum Gasteiger partial charge on any atom is -0.319 e. The van der Waals surface area contributed by atoms with E-state index in [1.54, 1.807) is 0 Å². The zero-order chi connectivity index (χ0) is 9.28. The fourth-order valence-corrected chi connectivity index (χ4v) is 1.24. The van der Waals surface area contributed by atoms with Crippen LogP contribution in [0.4, 0.5) is 0 Å². The van der Waals surface area contributed by atoms with Crippen LogP contribution in [0.1, 0.15) is 41.0 Å². The van der Waals surface area contributed by atoms with E-state index in [1.165, 1.54) is 6.42 Å². The molecule has 0 saturated carbocycles. The van der Waals surface area contributed by atoms with Gasteiger partial charge < -0.3 is 5.32 Å². The molecule has 0 radical (unpaired) electrons. The van der Waals surface area contributed by atoms with Gasteiger partial charge in [0.2, 0.25) is 0 Å². The zero-order valence-electron chi connectivity index (χ0n) is 9.07. The van der Waals surface area contributed by atoms with Gasteiger partial charge in [-0.1, -0.05) is 34.6 Å². The molecule has 0 heterocycles. The van der Waals surface area contributed by atoms with Crippen molar-refractivity contribution in [3.05, 3.63) is 0 Å². The molecule has 0 rings (SSSR count). The Bertz CT molecular complexity index is 59.9. The number of hydrogen-bond acceptors (Lipinski definition) is 1. The first kappa shape index (κ1) is 13.5. The SMILES string of the molecule is CC.CNCC(C)CC(C)C. The van der Waals surface area contributed by atoms with E-state index >= 15 is 0 Å². The highest BCUT2D eigenvalue weighted by molar-refractivity contribution is 4.56. The van der Waals surface area contributed by atoms with Crippen LogP contribution in [-0.2, 0) is 0 Å². The topological polar surface area (TPSA) is 12.0 Å². The molecule has 1 heteroatoms. The van der Waals surface area contributed by atoms with E-state index in [4.69, 9.17) is 0 Å². The van der Waals surface area contributed by atoms with Gasteiger partial charge in [0.05, 0.1) is 0 Å². The van der Waals surface area contributed by atoms with Crippen molar-refractivity contribution in [2.45, 2.75) is 41.0 Å². The van der Waals surface area contributed by atoms with Crippen molar-refractivity contribution < 1.29 is 0 Å². The maximum atomic E-state index is 3.17. The second-order valence-electron chi connectivity index (χ2n) is 3.29. The molecule has 0 aliphatic heterocycles. The predicted molar refractivity (Wildman–Crippen MR) is 53.9 cm³/mol. The van der Waals surface area contributed by atoms with Gasteiger partial charge in [-0.25, -0.2) is 0 Å². The van der Waals surface area contributed by atoms with Crippen LogP contribution in [0.5, 0.6) is 0 Å². The van der Waals surface area contributed by atoms with Crippen molar-refractivity contribution in [3.63, 3.8) is 0 Å². The second kappa shape index (κ2) is 9.96. The van der Waals surface area contributed by atoms with E-state index in [1.807, 2.05) is 20.9 Å². The highest BCUT2D eigenvalue weighted by Gasteiger charge is 2.01. The minimum absolute atomic E-state index is 0.829. The maximum Gasteiger partial charge on any atom is -0.00261 e. The Hall–Kier alpha value is -0.0400. The summed E-state index contributed by atoms with van der Waals surface area (Å²) >= 11 is 0.